The highest BCUT2D eigenvalue weighted by atomic mass is 35.5. The van der Waals surface area contributed by atoms with E-state index in [0.29, 0.717) is 21.9 Å². The van der Waals surface area contributed by atoms with Gasteiger partial charge in [0.1, 0.15) is 11.8 Å². The van der Waals surface area contributed by atoms with Crippen LogP contribution in [0.5, 0.6) is 0 Å². The topological polar surface area (TPSA) is 105 Å². The monoisotopic (exact) mass is 505 g/mol. The van der Waals surface area contributed by atoms with Gasteiger partial charge >= 0.3 is 0 Å². The van der Waals surface area contributed by atoms with Gasteiger partial charge < -0.3 is 24.4 Å². The number of nitrogens with zero attached hydrogens (tertiary/aromatic N) is 1. The van der Waals surface area contributed by atoms with E-state index in [4.69, 9.17) is 20.4 Å². The summed E-state index contributed by atoms with van der Waals surface area (Å²) in [6.45, 7) is -0.153. The van der Waals surface area contributed by atoms with Crippen LogP contribution in [0.25, 0.3) is 0 Å². The third-order valence-corrected chi connectivity index (χ3v) is 5.83. The van der Waals surface area contributed by atoms with Gasteiger partial charge in [-0.15, -0.1) is 0 Å². The Bertz CT molecular complexity index is 1290. The Hall–Kier alpha value is -4.30. The Morgan fingerprint density at radius 2 is 1.56 bits per heavy atom. The number of amides is 3. The summed E-state index contributed by atoms with van der Waals surface area (Å²) in [6, 6.07) is 21.6. The molecule has 8 nitrogen and oxygen atoms in total. The van der Waals surface area contributed by atoms with Gasteiger partial charge in [-0.05, 0) is 41.5 Å². The van der Waals surface area contributed by atoms with Gasteiger partial charge in [0.25, 0.3) is 5.91 Å². The Morgan fingerprint density at radius 3 is 2.25 bits per heavy atom. The van der Waals surface area contributed by atoms with Crippen molar-refractivity contribution in [3.05, 3.63) is 119 Å². The molecule has 0 aliphatic heterocycles. The highest BCUT2D eigenvalue weighted by molar-refractivity contribution is 6.31. The van der Waals surface area contributed by atoms with E-state index in [1.54, 1.807) is 66.7 Å². The van der Waals surface area contributed by atoms with Crippen LogP contribution in [0.4, 0.5) is 0 Å². The summed E-state index contributed by atoms with van der Waals surface area (Å²) in [6.07, 6.45) is 2.89. The molecule has 0 unspecified atom stereocenters. The summed E-state index contributed by atoms with van der Waals surface area (Å²) < 4.78 is 10.4. The number of carbonyl (C=O) groups is 3. The number of carbonyl (C=O) groups excluding carboxylic acids is 3. The second kappa shape index (κ2) is 11.9. The summed E-state index contributed by atoms with van der Waals surface area (Å²) in [5.41, 5.74) is 1.26. The van der Waals surface area contributed by atoms with Gasteiger partial charge in [-0.1, -0.05) is 60.1 Å². The molecule has 0 saturated heterocycles. The van der Waals surface area contributed by atoms with E-state index in [9.17, 15) is 14.4 Å². The van der Waals surface area contributed by atoms with E-state index in [1.807, 2.05) is 6.07 Å². The molecule has 0 aliphatic carbocycles. The molecule has 2 N–H and O–H groups in total. The van der Waals surface area contributed by atoms with Crippen molar-refractivity contribution in [2.45, 2.75) is 19.1 Å². The minimum atomic E-state index is -0.995. The molecule has 2 aromatic heterocycles. The lowest BCUT2D eigenvalue weighted by Gasteiger charge is -2.32. The molecule has 0 bridgehead atoms. The zero-order chi connectivity index (χ0) is 25.3. The maximum atomic E-state index is 13.5. The second-order valence-corrected chi connectivity index (χ2v) is 8.29. The third kappa shape index (κ3) is 6.22. The van der Waals surface area contributed by atoms with Crippen LogP contribution in [0.15, 0.2) is 100 Å². The molecule has 0 saturated carbocycles. The normalized spacial score (nSPS) is 11.5. The summed E-state index contributed by atoms with van der Waals surface area (Å²) in [7, 11) is 0. The van der Waals surface area contributed by atoms with Crippen molar-refractivity contribution in [3.63, 3.8) is 0 Å². The number of benzene rings is 2. The number of furan rings is 2. The molecule has 9 heteroatoms. The molecule has 2 aromatic carbocycles. The standard InChI is InChI=1S/C27H24ClN3O5/c28-22-12-5-4-10-20(22)18-31(24(32)17-30-26(33)23-13-7-15-36-23)25(19-8-2-1-3-9-19)27(34)29-16-21-11-6-14-35-21/h1-15,25H,16-18H2,(H,29,34)(H,30,33)/t25-/m1/s1. The highest BCUT2D eigenvalue weighted by Crippen LogP contribution is 2.26. The smallest absolute Gasteiger partial charge is 0.287 e. The van der Waals surface area contributed by atoms with Gasteiger partial charge in [0.15, 0.2) is 5.76 Å². The zero-order valence-corrected chi connectivity index (χ0v) is 20.0. The molecule has 0 fully saturated rings. The molecular weight excluding hydrogens is 482 g/mol. The highest BCUT2D eigenvalue weighted by Gasteiger charge is 2.32. The lowest BCUT2D eigenvalue weighted by atomic mass is 10.0. The van der Waals surface area contributed by atoms with E-state index in [1.165, 1.54) is 23.5 Å². The van der Waals surface area contributed by atoms with Crippen LogP contribution in [-0.4, -0.2) is 29.2 Å². The van der Waals surface area contributed by atoms with Crippen molar-refractivity contribution >= 4 is 29.3 Å². The zero-order valence-electron chi connectivity index (χ0n) is 19.2. The molecular formula is C27H24ClN3O5. The van der Waals surface area contributed by atoms with Crippen LogP contribution in [0.1, 0.15) is 33.5 Å². The molecule has 0 spiro atoms. The molecule has 0 aliphatic rings. The Morgan fingerprint density at radius 1 is 0.833 bits per heavy atom. The average molecular weight is 506 g/mol. The Balaban J connectivity index is 1.62. The summed E-state index contributed by atoms with van der Waals surface area (Å²) in [5.74, 6) is -0.766. The number of halogens is 1. The summed E-state index contributed by atoms with van der Waals surface area (Å²) in [4.78, 5) is 40.8. The number of hydrogen-bond acceptors (Lipinski definition) is 5. The minimum absolute atomic E-state index is 0.0445. The van der Waals surface area contributed by atoms with Crippen molar-refractivity contribution < 1.29 is 23.2 Å². The lowest BCUT2D eigenvalue weighted by molar-refractivity contribution is -0.141. The van der Waals surface area contributed by atoms with Crippen LogP contribution in [-0.2, 0) is 22.7 Å². The average Bonchev–Trinajstić information content (AvgIpc) is 3.62. The largest absolute Gasteiger partial charge is 0.467 e. The number of nitrogens with one attached hydrogen (secondary N) is 2. The summed E-state index contributed by atoms with van der Waals surface area (Å²) >= 11 is 6.39. The molecule has 0 radical (unpaired) electrons. The fourth-order valence-corrected chi connectivity index (χ4v) is 3.87. The van der Waals surface area contributed by atoms with Crippen molar-refractivity contribution in [1.29, 1.82) is 0 Å². The molecule has 36 heavy (non-hydrogen) atoms. The van der Waals surface area contributed by atoms with Gasteiger partial charge in [-0.3, -0.25) is 14.4 Å². The predicted octanol–water partition coefficient (Wildman–Crippen LogP) is 4.34. The minimum Gasteiger partial charge on any atom is -0.467 e. The Kier molecular flexibility index (Phi) is 8.20. The first-order chi connectivity index (χ1) is 17.5. The van der Waals surface area contributed by atoms with Crippen LogP contribution >= 0.6 is 11.6 Å². The fourth-order valence-electron chi connectivity index (χ4n) is 3.68. The molecule has 2 heterocycles. The lowest BCUT2D eigenvalue weighted by Crippen LogP contribution is -2.46. The van der Waals surface area contributed by atoms with E-state index in [0.717, 1.165) is 0 Å². The van der Waals surface area contributed by atoms with Gasteiger partial charge in [-0.2, -0.15) is 0 Å². The molecule has 3 amide bonds. The van der Waals surface area contributed by atoms with Crippen molar-refractivity contribution in [3.8, 4) is 0 Å². The van der Waals surface area contributed by atoms with E-state index in [2.05, 4.69) is 10.6 Å². The first-order valence-electron chi connectivity index (χ1n) is 11.2. The van der Waals surface area contributed by atoms with Crippen molar-refractivity contribution in [2.24, 2.45) is 0 Å². The van der Waals surface area contributed by atoms with Gasteiger partial charge in [-0.25, -0.2) is 0 Å². The van der Waals surface area contributed by atoms with Gasteiger partial charge in [0.05, 0.1) is 25.6 Å². The quantitative estimate of drug-likeness (QED) is 0.333. The maximum Gasteiger partial charge on any atom is 0.287 e. The van der Waals surface area contributed by atoms with Crippen LogP contribution in [0.3, 0.4) is 0 Å². The molecule has 184 valence electrons. The molecule has 4 aromatic rings. The second-order valence-electron chi connectivity index (χ2n) is 7.88. The third-order valence-electron chi connectivity index (χ3n) is 5.46. The first kappa shape index (κ1) is 24.8. The van der Waals surface area contributed by atoms with Crippen LogP contribution < -0.4 is 10.6 Å². The van der Waals surface area contributed by atoms with E-state index in [-0.39, 0.29) is 25.4 Å². The van der Waals surface area contributed by atoms with E-state index >= 15 is 0 Å². The summed E-state index contributed by atoms with van der Waals surface area (Å²) in [5, 5.41) is 5.86. The van der Waals surface area contributed by atoms with Crippen LogP contribution in [0, 0.1) is 0 Å². The van der Waals surface area contributed by atoms with Crippen molar-refractivity contribution in [2.75, 3.05) is 6.54 Å². The van der Waals surface area contributed by atoms with Gasteiger partial charge in [0.2, 0.25) is 11.8 Å². The molecule has 1 atom stereocenters. The van der Waals surface area contributed by atoms with Gasteiger partial charge in [0, 0.05) is 11.6 Å². The first-order valence-corrected chi connectivity index (χ1v) is 11.6. The maximum absolute atomic E-state index is 13.5. The Labute approximate surface area is 212 Å². The SMILES string of the molecule is O=C(NCC(=O)N(Cc1ccccc1Cl)[C@@H](C(=O)NCc1ccco1)c1ccccc1)c1ccco1. The fraction of sp³-hybridized carbons (Fsp3) is 0.148. The van der Waals surface area contributed by atoms with Crippen molar-refractivity contribution in [1.82, 2.24) is 15.5 Å². The number of hydrogen-bond donors (Lipinski definition) is 2. The number of rotatable bonds is 10. The molecule has 4 rings (SSSR count). The predicted molar refractivity (Wildman–Crippen MR) is 133 cm³/mol. The van der Waals surface area contributed by atoms with Crippen LogP contribution in [0.2, 0.25) is 5.02 Å². The van der Waals surface area contributed by atoms with E-state index < -0.39 is 23.8 Å².